The molecule has 2 aromatic carbocycles. The SMILES string of the molecule is CC(Nc1ccn([C@H]2CC(O)[C@@H](CO)O2)c(=O)n1)c1ccccc1[N+](=O)[O-].CC(Nc1ccn([C@H]2CC(O)[C@@H](COP(=O)(O)OP(=O)(O)OP(=O)(O)O)O2)c(=O)n1)c1ccccc1[N+](=O)[O-]. The van der Waals surface area contributed by atoms with Crippen molar-refractivity contribution in [1.29, 1.82) is 0 Å². The molecule has 2 aromatic heterocycles. The molecule has 0 bridgehead atoms. The van der Waals surface area contributed by atoms with Crippen LogP contribution < -0.4 is 22.0 Å². The molecule has 66 heavy (non-hydrogen) atoms. The summed E-state index contributed by atoms with van der Waals surface area (Å²) < 4.78 is 58.7. The van der Waals surface area contributed by atoms with Crippen molar-refractivity contribution < 1.29 is 81.1 Å². The van der Waals surface area contributed by atoms with Gasteiger partial charge in [-0.1, -0.05) is 36.4 Å². The van der Waals surface area contributed by atoms with E-state index in [1.807, 2.05) is 0 Å². The van der Waals surface area contributed by atoms with Crippen LogP contribution in [0.25, 0.3) is 0 Å². The zero-order chi connectivity index (χ0) is 48.7. The number of phosphoric ester groups is 1. The Morgan fingerprint density at radius 3 is 1.55 bits per heavy atom. The second-order valence-electron chi connectivity index (χ2n) is 14.3. The van der Waals surface area contributed by atoms with Crippen molar-refractivity contribution in [3.63, 3.8) is 0 Å². The van der Waals surface area contributed by atoms with Crippen molar-refractivity contribution in [1.82, 2.24) is 19.1 Å². The molecule has 4 heterocycles. The van der Waals surface area contributed by atoms with E-state index in [0.717, 1.165) is 4.57 Å². The summed E-state index contributed by atoms with van der Waals surface area (Å²) in [7, 11) is -16.7. The fourth-order valence-corrected chi connectivity index (χ4v) is 9.65. The highest BCUT2D eigenvalue weighted by atomic mass is 31.3. The van der Waals surface area contributed by atoms with Gasteiger partial charge in [-0.3, -0.25) is 33.9 Å². The number of aliphatic hydroxyl groups is 3. The van der Waals surface area contributed by atoms with E-state index >= 15 is 0 Å². The van der Waals surface area contributed by atoms with Crippen LogP contribution in [0.1, 0.15) is 62.4 Å². The van der Waals surface area contributed by atoms with Crippen LogP contribution in [-0.2, 0) is 36.3 Å². The lowest BCUT2D eigenvalue weighted by Gasteiger charge is -2.19. The van der Waals surface area contributed by atoms with Crippen LogP contribution in [0.4, 0.5) is 23.0 Å². The lowest BCUT2D eigenvalue weighted by Crippen LogP contribution is -2.28. The maximum atomic E-state index is 12.6. The molecule has 29 nitrogen and oxygen atoms in total. The minimum atomic E-state index is -5.72. The summed E-state index contributed by atoms with van der Waals surface area (Å²) in [6.45, 7) is 2.12. The number of nitrogens with one attached hydrogen (secondary N) is 2. The normalized spacial score (nSPS) is 23.3. The number of nitrogens with zero attached hydrogens (tertiary/aromatic N) is 6. The second kappa shape index (κ2) is 21.6. The van der Waals surface area contributed by atoms with Gasteiger partial charge in [-0.25, -0.2) is 23.3 Å². The summed E-state index contributed by atoms with van der Waals surface area (Å²) in [6, 6.07) is 14.2. The minimum absolute atomic E-state index is 0.0192. The highest BCUT2D eigenvalue weighted by Gasteiger charge is 2.43. The van der Waals surface area contributed by atoms with Crippen molar-refractivity contribution in [3.05, 3.63) is 125 Å². The number of para-hydroxylation sites is 2. The summed E-state index contributed by atoms with van der Waals surface area (Å²) in [4.78, 5) is 89.9. The van der Waals surface area contributed by atoms with Gasteiger partial charge in [-0.05, 0) is 26.0 Å². The van der Waals surface area contributed by atoms with Crippen LogP contribution in [0.5, 0.6) is 0 Å². The summed E-state index contributed by atoms with van der Waals surface area (Å²) in [5.41, 5.74) is -0.738. The van der Waals surface area contributed by atoms with E-state index in [-0.39, 0.29) is 42.5 Å². The number of phosphoric acid groups is 3. The van der Waals surface area contributed by atoms with Gasteiger partial charge in [-0.2, -0.15) is 18.6 Å². The lowest BCUT2D eigenvalue weighted by atomic mass is 10.1. The molecule has 4 aromatic rings. The Morgan fingerprint density at radius 2 is 1.15 bits per heavy atom. The Morgan fingerprint density at radius 1 is 0.727 bits per heavy atom. The predicted molar refractivity (Wildman–Crippen MR) is 223 cm³/mol. The smallest absolute Gasteiger partial charge is 0.394 e. The van der Waals surface area contributed by atoms with Crippen molar-refractivity contribution in [3.8, 4) is 0 Å². The van der Waals surface area contributed by atoms with Crippen molar-refractivity contribution in [2.45, 2.75) is 75.6 Å². The number of nitro benzene ring substituents is 2. The average Bonchev–Trinajstić information content (AvgIpc) is 3.79. The summed E-state index contributed by atoms with van der Waals surface area (Å²) in [5.74, 6) is 0.351. The molecule has 0 amide bonds. The van der Waals surface area contributed by atoms with Gasteiger partial charge in [0.15, 0.2) is 0 Å². The molecular weight excluding hydrogens is 949 g/mol. The fraction of sp³-hybridized carbons (Fsp3) is 0.412. The van der Waals surface area contributed by atoms with Gasteiger partial charge in [0.25, 0.3) is 11.4 Å². The quantitative estimate of drug-likeness (QED) is 0.0392. The number of anilines is 2. The molecule has 2 fully saturated rings. The first-order chi connectivity index (χ1) is 30.9. The van der Waals surface area contributed by atoms with E-state index in [9.17, 15) is 63.5 Å². The molecule has 0 saturated carbocycles. The van der Waals surface area contributed by atoms with Crippen LogP contribution >= 0.6 is 23.5 Å². The molecule has 2 aliphatic heterocycles. The number of aliphatic hydroxyl groups excluding tert-OH is 3. The number of hydrogen-bond acceptors (Lipinski definition) is 21. The molecule has 32 heteroatoms. The molecule has 10 atom stereocenters. The van der Waals surface area contributed by atoms with Crippen LogP contribution in [0, 0.1) is 20.2 Å². The number of aromatic nitrogens is 4. The van der Waals surface area contributed by atoms with Crippen LogP contribution in [0.3, 0.4) is 0 Å². The summed E-state index contributed by atoms with van der Waals surface area (Å²) >= 11 is 0. The number of rotatable bonds is 18. The summed E-state index contributed by atoms with van der Waals surface area (Å²) in [6.07, 6.45) is -3.41. The predicted octanol–water partition coefficient (Wildman–Crippen LogP) is 2.28. The number of nitro groups is 2. The zero-order valence-corrected chi connectivity index (χ0v) is 36.9. The van der Waals surface area contributed by atoms with Crippen molar-refractivity contribution in [2.24, 2.45) is 0 Å². The highest BCUT2D eigenvalue weighted by molar-refractivity contribution is 7.66. The van der Waals surface area contributed by atoms with E-state index in [1.165, 1.54) is 41.2 Å². The van der Waals surface area contributed by atoms with E-state index in [4.69, 9.17) is 24.4 Å². The molecule has 0 radical (unpaired) electrons. The summed E-state index contributed by atoms with van der Waals surface area (Å²) in [5, 5.41) is 57.4. The van der Waals surface area contributed by atoms with Crippen LogP contribution in [-0.4, -0.2) is 101 Å². The largest absolute Gasteiger partial charge is 0.490 e. The van der Waals surface area contributed by atoms with Crippen LogP contribution in [0.15, 0.2) is 82.6 Å². The third-order valence-corrected chi connectivity index (χ3v) is 13.4. The maximum absolute atomic E-state index is 12.6. The lowest BCUT2D eigenvalue weighted by molar-refractivity contribution is -0.385. The first-order valence-corrected chi connectivity index (χ1v) is 23.6. The first-order valence-electron chi connectivity index (χ1n) is 19.1. The van der Waals surface area contributed by atoms with Crippen molar-refractivity contribution >= 4 is 46.5 Å². The van der Waals surface area contributed by atoms with Gasteiger partial charge < -0.3 is 55.0 Å². The molecular formula is C34H43N8O21P3. The van der Waals surface area contributed by atoms with Gasteiger partial charge in [0.05, 0.1) is 58.5 Å². The van der Waals surface area contributed by atoms with Crippen LogP contribution in [0.2, 0.25) is 0 Å². The molecule has 2 aliphatic rings. The fourth-order valence-electron chi connectivity index (χ4n) is 6.62. The van der Waals surface area contributed by atoms with E-state index in [0.29, 0.717) is 11.1 Å². The number of hydrogen-bond donors (Lipinski definition) is 9. The molecule has 0 spiro atoms. The standard InChI is InChI=1S/C17H23N4O15P3.C17H20N4O6/c1-10(11-4-2-3-5-12(11)21(24)25)18-15-6-7-20(17(23)19-15)16-8-13(22)14(34-16)9-33-38(29,30)36-39(31,32)35-37(26,27)28;1-10(11-4-2-3-5-12(11)21(25)26)18-15-6-7-20(17(24)19-15)16-8-13(23)14(9-22)27-16/h2-7,10,13-14,16,22H,8-9H2,1H3,(H,29,30)(H,31,32)(H,18,19,23)(H2,26,27,28);2-7,10,13-14,16,22-23H,8-9H2,1H3,(H,18,19,24)/t2*10?,13?,14-,16-/m11/s1. The van der Waals surface area contributed by atoms with Gasteiger partial charge in [0, 0.05) is 37.4 Å². The number of ether oxygens (including phenoxy) is 2. The maximum Gasteiger partial charge on any atom is 0.490 e. The topological polar surface area (TPSA) is 419 Å². The van der Waals surface area contributed by atoms with Crippen molar-refractivity contribution in [2.75, 3.05) is 23.8 Å². The Balaban J connectivity index is 0.000000264. The Bertz CT molecular complexity index is 2650. The van der Waals surface area contributed by atoms with E-state index in [1.54, 1.807) is 50.2 Å². The highest BCUT2D eigenvalue weighted by Crippen LogP contribution is 2.66. The van der Waals surface area contributed by atoms with Gasteiger partial charge in [0.1, 0.15) is 36.3 Å². The average molecular weight is 993 g/mol. The third-order valence-electron chi connectivity index (χ3n) is 9.62. The number of benzene rings is 2. The van der Waals surface area contributed by atoms with E-state index in [2.05, 4.69) is 33.7 Å². The first kappa shape index (κ1) is 51.8. The molecule has 0 aliphatic carbocycles. The minimum Gasteiger partial charge on any atom is -0.394 e. The monoisotopic (exact) mass is 992 g/mol. The Labute approximate surface area is 371 Å². The molecule has 2 saturated heterocycles. The molecule has 9 N–H and O–H groups in total. The van der Waals surface area contributed by atoms with Gasteiger partial charge >= 0.3 is 34.8 Å². The Hall–Kier alpha value is -5.19. The molecule has 360 valence electrons. The van der Waals surface area contributed by atoms with Gasteiger partial charge in [-0.15, -0.1) is 0 Å². The van der Waals surface area contributed by atoms with E-state index < -0.39 is 100 Å². The second-order valence-corrected chi connectivity index (χ2v) is 18.7. The molecule has 6 unspecified atom stereocenters. The van der Waals surface area contributed by atoms with Gasteiger partial charge in [0.2, 0.25) is 0 Å². The zero-order valence-electron chi connectivity index (χ0n) is 34.2. The molecule has 6 rings (SSSR count). The third kappa shape index (κ3) is 13.9. The Kier molecular flexibility index (Phi) is 17.0.